The normalized spacial score (nSPS) is 15.4. The molecule has 36 heavy (non-hydrogen) atoms. The van der Waals surface area contributed by atoms with E-state index >= 15 is 0 Å². The van der Waals surface area contributed by atoms with Gasteiger partial charge in [0.05, 0.1) is 41.7 Å². The van der Waals surface area contributed by atoms with Crippen molar-refractivity contribution in [3.05, 3.63) is 59.8 Å². The van der Waals surface area contributed by atoms with Crippen LogP contribution >= 0.6 is 11.8 Å². The van der Waals surface area contributed by atoms with E-state index in [1.165, 1.54) is 25.1 Å². The highest BCUT2D eigenvalue weighted by atomic mass is 32.2. The van der Waals surface area contributed by atoms with Gasteiger partial charge in [0.25, 0.3) is 0 Å². The van der Waals surface area contributed by atoms with E-state index in [9.17, 15) is 15.3 Å². The average Bonchev–Trinajstić information content (AvgIpc) is 3.52. The Balaban J connectivity index is 1.55. The van der Waals surface area contributed by atoms with E-state index in [1.54, 1.807) is 27.7 Å². The van der Waals surface area contributed by atoms with Gasteiger partial charge in [0.1, 0.15) is 17.2 Å². The maximum Gasteiger partial charge on any atom is 0.409 e. The Kier molecular flexibility index (Phi) is 6.32. The number of methoxy groups -OCH3 is 1. The highest BCUT2D eigenvalue weighted by Gasteiger charge is 2.27. The SMILES string of the molecule is COC(=O)N1CCC[C@H](n2cc(-c3cc(Sc4ncccc4C#N)c4c(C#N)cnn4c3)c(C)n2)C1. The van der Waals surface area contributed by atoms with Crippen LogP contribution in [0.3, 0.4) is 0 Å². The first-order valence-corrected chi connectivity index (χ1v) is 12.2. The van der Waals surface area contributed by atoms with Crippen LogP contribution in [0.2, 0.25) is 0 Å². The molecule has 4 aromatic heterocycles. The van der Waals surface area contributed by atoms with Crippen molar-refractivity contribution in [2.45, 2.75) is 35.7 Å². The molecule has 0 saturated carbocycles. The lowest BCUT2D eigenvalue weighted by Crippen LogP contribution is -2.40. The van der Waals surface area contributed by atoms with Crippen molar-refractivity contribution >= 4 is 23.4 Å². The smallest absolute Gasteiger partial charge is 0.409 e. The van der Waals surface area contributed by atoms with Crippen LogP contribution in [0, 0.1) is 29.6 Å². The summed E-state index contributed by atoms with van der Waals surface area (Å²) in [5, 5.41) is 28.9. The lowest BCUT2D eigenvalue weighted by atomic mass is 10.1. The molecule has 1 aliphatic heterocycles. The molecular formula is C25H22N8O2S. The fraction of sp³-hybridized carbons (Fsp3) is 0.280. The molecule has 1 saturated heterocycles. The van der Waals surface area contributed by atoms with Gasteiger partial charge in [-0.05, 0) is 38.0 Å². The lowest BCUT2D eigenvalue weighted by Gasteiger charge is -2.31. The van der Waals surface area contributed by atoms with Crippen LogP contribution in [0.15, 0.2) is 52.9 Å². The van der Waals surface area contributed by atoms with Crippen LogP contribution in [0.1, 0.15) is 35.7 Å². The molecule has 11 heteroatoms. The topological polar surface area (TPSA) is 125 Å². The predicted octanol–water partition coefficient (Wildman–Crippen LogP) is 4.20. The third-order valence-electron chi connectivity index (χ3n) is 6.23. The monoisotopic (exact) mass is 498 g/mol. The lowest BCUT2D eigenvalue weighted by molar-refractivity contribution is 0.101. The second kappa shape index (κ2) is 9.72. The van der Waals surface area contributed by atoms with Crippen LogP contribution in [0.5, 0.6) is 0 Å². The van der Waals surface area contributed by atoms with Gasteiger partial charge < -0.3 is 9.64 Å². The Labute approximate surface area is 211 Å². The summed E-state index contributed by atoms with van der Waals surface area (Å²) in [6, 6.07) is 9.84. The molecule has 0 N–H and O–H groups in total. The predicted molar refractivity (Wildman–Crippen MR) is 131 cm³/mol. The number of nitriles is 2. The van der Waals surface area contributed by atoms with Crippen molar-refractivity contribution in [1.82, 2.24) is 29.3 Å². The van der Waals surface area contributed by atoms with E-state index in [-0.39, 0.29) is 12.1 Å². The first-order valence-electron chi connectivity index (χ1n) is 11.4. The number of ether oxygens (including phenoxy) is 1. The van der Waals surface area contributed by atoms with Gasteiger partial charge in [0, 0.05) is 47.7 Å². The molecule has 0 unspecified atom stereocenters. The zero-order valence-corrected chi connectivity index (χ0v) is 20.6. The second-order valence-corrected chi connectivity index (χ2v) is 9.48. The average molecular weight is 499 g/mol. The second-order valence-electron chi connectivity index (χ2n) is 8.45. The number of likely N-dealkylation sites (tertiary alicyclic amines) is 1. The van der Waals surface area contributed by atoms with Crippen molar-refractivity contribution in [2.24, 2.45) is 0 Å². The van der Waals surface area contributed by atoms with Gasteiger partial charge >= 0.3 is 6.09 Å². The van der Waals surface area contributed by atoms with Crippen molar-refractivity contribution in [1.29, 1.82) is 10.5 Å². The Morgan fingerprint density at radius 2 is 2.08 bits per heavy atom. The fourth-order valence-electron chi connectivity index (χ4n) is 4.47. The molecule has 180 valence electrons. The molecule has 0 bridgehead atoms. The quantitative estimate of drug-likeness (QED) is 0.410. The Hall–Kier alpha value is -4.35. The standard InChI is InChI=1S/C25H22N8O2S/c1-16-21(15-32(30-16)20-6-4-8-31(14-20)25(34)35-2)18-9-22(23-19(11-27)12-29-33(23)13-18)36-24-17(10-26)5-3-7-28-24/h3,5,7,9,12-13,15,20H,4,6,8,14H2,1-2H3/t20-/m0/s1. The van der Waals surface area contributed by atoms with Crippen LogP contribution in [-0.4, -0.2) is 55.6 Å². The molecule has 0 aromatic carbocycles. The van der Waals surface area contributed by atoms with E-state index in [0.717, 1.165) is 34.6 Å². The van der Waals surface area contributed by atoms with E-state index in [4.69, 9.17) is 9.84 Å². The molecule has 10 nitrogen and oxygen atoms in total. The number of pyridine rings is 2. The van der Waals surface area contributed by atoms with Gasteiger partial charge in [0.2, 0.25) is 0 Å². The summed E-state index contributed by atoms with van der Waals surface area (Å²) in [4.78, 5) is 18.9. The molecule has 5 rings (SSSR count). The summed E-state index contributed by atoms with van der Waals surface area (Å²) >= 11 is 1.33. The summed E-state index contributed by atoms with van der Waals surface area (Å²) in [6.07, 6.45) is 8.50. The van der Waals surface area contributed by atoms with Gasteiger partial charge in [-0.1, -0.05) is 11.8 Å². The maximum atomic E-state index is 12.0. The van der Waals surface area contributed by atoms with Crippen LogP contribution < -0.4 is 0 Å². The molecule has 1 fully saturated rings. The number of carbonyl (C=O) groups excluding carboxylic acids is 1. The Morgan fingerprint density at radius 3 is 2.86 bits per heavy atom. The number of hydrogen-bond donors (Lipinski definition) is 0. The largest absolute Gasteiger partial charge is 0.453 e. The fourth-order valence-corrected chi connectivity index (χ4v) is 5.50. The Bertz CT molecular complexity index is 1540. The number of nitrogens with zero attached hydrogens (tertiary/aromatic N) is 8. The number of rotatable bonds is 4. The number of amides is 1. The summed E-state index contributed by atoms with van der Waals surface area (Å²) in [5.74, 6) is 0. The number of hydrogen-bond acceptors (Lipinski definition) is 8. The van der Waals surface area contributed by atoms with Crippen LogP contribution in [0.4, 0.5) is 4.79 Å². The summed E-state index contributed by atoms with van der Waals surface area (Å²) in [6.45, 7) is 3.15. The minimum Gasteiger partial charge on any atom is -0.453 e. The zero-order valence-electron chi connectivity index (χ0n) is 19.7. The molecule has 0 aliphatic carbocycles. The summed E-state index contributed by atoms with van der Waals surface area (Å²) in [5.41, 5.74) is 4.19. The van der Waals surface area contributed by atoms with E-state index < -0.39 is 0 Å². The molecule has 1 amide bonds. The zero-order chi connectivity index (χ0) is 25.2. The number of piperidine rings is 1. The van der Waals surface area contributed by atoms with E-state index in [1.807, 2.05) is 30.1 Å². The molecule has 1 aliphatic rings. The van der Waals surface area contributed by atoms with Gasteiger partial charge in [-0.3, -0.25) is 4.68 Å². The van der Waals surface area contributed by atoms with E-state index in [0.29, 0.717) is 34.8 Å². The van der Waals surface area contributed by atoms with Crippen molar-refractivity contribution in [3.63, 3.8) is 0 Å². The number of fused-ring (bicyclic) bond motifs is 1. The number of aromatic nitrogens is 5. The summed E-state index contributed by atoms with van der Waals surface area (Å²) in [7, 11) is 1.39. The first kappa shape index (κ1) is 23.4. The maximum absolute atomic E-state index is 12.0. The highest BCUT2D eigenvalue weighted by Crippen LogP contribution is 2.37. The van der Waals surface area contributed by atoms with Gasteiger partial charge in [0.15, 0.2) is 0 Å². The minimum absolute atomic E-state index is 0.0458. The van der Waals surface area contributed by atoms with Crippen molar-refractivity contribution in [2.75, 3.05) is 20.2 Å². The third-order valence-corrected chi connectivity index (χ3v) is 7.28. The molecule has 1 atom stereocenters. The highest BCUT2D eigenvalue weighted by molar-refractivity contribution is 7.99. The molecule has 0 spiro atoms. The third kappa shape index (κ3) is 4.25. The Morgan fingerprint density at radius 1 is 1.25 bits per heavy atom. The molecule has 0 radical (unpaired) electrons. The van der Waals surface area contributed by atoms with Crippen LogP contribution in [0.25, 0.3) is 16.6 Å². The number of aryl methyl sites for hydroxylation is 1. The van der Waals surface area contributed by atoms with Gasteiger partial charge in [-0.2, -0.15) is 20.7 Å². The summed E-state index contributed by atoms with van der Waals surface area (Å²) < 4.78 is 8.51. The van der Waals surface area contributed by atoms with Gasteiger partial charge in [-0.25, -0.2) is 14.3 Å². The number of carbonyl (C=O) groups is 1. The molecular weight excluding hydrogens is 476 g/mol. The van der Waals surface area contributed by atoms with E-state index in [2.05, 4.69) is 22.2 Å². The molecule has 5 heterocycles. The minimum atomic E-state index is -0.325. The molecule has 4 aromatic rings. The van der Waals surface area contributed by atoms with Crippen molar-refractivity contribution < 1.29 is 9.53 Å². The van der Waals surface area contributed by atoms with Gasteiger partial charge in [-0.15, -0.1) is 0 Å². The first-order chi connectivity index (χ1) is 17.5. The van der Waals surface area contributed by atoms with Crippen LogP contribution in [-0.2, 0) is 4.74 Å². The van der Waals surface area contributed by atoms with Crippen molar-refractivity contribution in [3.8, 4) is 23.3 Å².